The summed E-state index contributed by atoms with van der Waals surface area (Å²) in [5, 5.41) is 2.49. The highest BCUT2D eigenvalue weighted by atomic mass is 31.2. The topological polar surface area (TPSA) is 32.5 Å². The maximum Gasteiger partial charge on any atom is 0.163 e. The number of rotatable bonds is 4. The molecule has 0 fully saturated rings. The smallest absolute Gasteiger partial charge is 0.163 e. The van der Waals surface area contributed by atoms with Gasteiger partial charge in [-0.2, -0.15) is 5.50 Å². The highest BCUT2D eigenvalue weighted by molar-refractivity contribution is 7.87. The molecule has 0 spiro atoms. The molecule has 0 aliphatic carbocycles. The number of hydrogen-bond acceptors (Lipinski definition) is 3. The van der Waals surface area contributed by atoms with Crippen molar-refractivity contribution >= 4 is 29.4 Å². The van der Waals surface area contributed by atoms with Crippen LogP contribution in [0.2, 0.25) is 0 Å². The molecule has 1 heterocycles. The first-order chi connectivity index (χ1) is 12.2. The molecular formula is C21H23N3P+. The first kappa shape index (κ1) is 16.1. The summed E-state index contributed by atoms with van der Waals surface area (Å²) >= 11 is 0. The molecule has 3 aromatic rings. The largest absolute Gasteiger partial charge is 0.355 e. The van der Waals surface area contributed by atoms with E-state index in [0.29, 0.717) is 0 Å². The summed E-state index contributed by atoms with van der Waals surface area (Å²) in [6, 6.07) is 29.7. The standard InChI is InChI=1S/C21H23N3P/c1-23-16-24(21-15-9-8-14-20(21)23)17-25(22,18-10-4-2-5-11-18)19-12-6-3-7-13-19/h2-15H,16-17,22H2,1H3/q+1. The number of fused-ring (bicyclic) bond motifs is 1. The lowest BCUT2D eigenvalue weighted by molar-refractivity contribution is 0.896. The van der Waals surface area contributed by atoms with Crippen LogP contribution in [0.5, 0.6) is 0 Å². The Bertz CT molecular complexity index is 812. The van der Waals surface area contributed by atoms with E-state index in [2.05, 4.69) is 102 Å². The zero-order valence-corrected chi connectivity index (χ0v) is 15.3. The summed E-state index contributed by atoms with van der Waals surface area (Å²) in [5.74, 6) is 0. The number of benzene rings is 3. The summed E-state index contributed by atoms with van der Waals surface area (Å²) in [4.78, 5) is 4.71. The van der Waals surface area contributed by atoms with Gasteiger partial charge in [-0.15, -0.1) is 0 Å². The zero-order valence-electron chi connectivity index (χ0n) is 14.4. The maximum absolute atomic E-state index is 7.17. The van der Waals surface area contributed by atoms with E-state index < -0.39 is 7.41 Å². The maximum atomic E-state index is 7.17. The van der Waals surface area contributed by atoms with Gasteiger partial charge in [-0.05, 0) is 36.4 Å². The van der Waals surface area contributed by atoms with E-state index in [4.69, 9.17) is 5.50 Å². The van der Waals surface area contributed by atoms with E-state index in [0.717, 1.165) is 13.0 Å². The second-order valence-electron chi connectivity index (χ2n) is 6.55. The Morgan fingerprint density at radius 1 is 0.760 bits per heavy atom. The quantitative estimate of drug-likeness (QED) is 0.734. The minimum atomic E-state index is -2.01. The van der Waals surface area contributed by atoms with Crippen LogP contribution in [-0.4, -0.2) is 20.0 Å². The third-order valence-electron chi connectivity index (χ3n) is 4.84. The Hall–Kier alpha value is -2.35. The highest BCUT2D eigenvalue weighted by Crippen LogP contribution is 2.51. The number of para-hydroxylation sites is 2. The van der Waals surface area contributed by atoms with Crippen molar-refractivity contribution in [3.8, 4) is 0 Å². The molecule has 0 unspecified atom stereocenters. The van der Waals surface area contributed by atoms with E-state index in [1.165, 1.54) is 22.0 Å². The molecule has 1 aliphatic rings. The van der Waals surface area contributed by atoms with Gasteiger partial charge in [0.25, 0.3) is 0 Å². The second-order valence-corrected chi connectivity index (χ2v) is 9.60. The van der Waals surface area contributed by atoms with Crippen LogP contribution in [0.1, 0.15) is 0 Å². The Morgan fingerprint density at radius 3 is 1.80 bits per heavy atom. The van der Waals surface area contributed by atoms with Crippen molar-refractivity contribution < 1.29 is 0 Å². The first-order valence-electron chi connectivity index (χ1n) is 8.51. The van der Waals surface area contributed by atoms with E-state index in [-0.39, 0.29) is 0 Å². The molecule has 126 valence electrons. The lowest BCUT2D eigenvalue weighted by atomic mass is 10.3. The molecule has 0 amide bonds. The highest BCUT2D eigenvalue weighted by Gasteiger charge is 2.42. The van der Waals surface area contributed by atoms with Crippen molar-refractivity contribution in [2.75, 3.05) is 29.8 Å². The monoisotopic (exact) mass is 348 g/mol. The lowest BCUT2D eigenvalue weighted by Gasteiger charge is -2.28. The fourth-order valence-corrected chi connectivity index (χ4v) is 6.37. The summed E-state index contributed by atoms with van der Waals surface area (Å²) in [5.41, 5.74) is 9.72. The average Bonchev–Trinajstić information content (AvgIpc) is 2.99. The molecule has 0 bridgehead atoms. The molecule has 4 heteroatoms. The van der Waals surface area contributed by atoms with E-state index in [9.17, 15) is 0 Å². The molecule has 2 N–H and O–H groups in total. The van der Waals surface area contributed by atoms with E-state index in [1.54, 1.807) is 0 Å². The zero-order chi connectivity index (χ0) is 17.3. The van der Waals surface area contributed by atoms with Crippen molar-refractivity contribution in [2.24, 2.45) is 5.50 Å². The van der Waals surface area contributed by atoms with Gasteiger partial charge in [0.1, 0.15) is 10.6 Å². The van der Waals surface area contributed by atoms with Gasteiger partial charge in [-0.25, -0.2) is 0 Å². The average molecular weight is 348 g/mol. The molecule has 0 atom stereocenters. The third-order valence-corrected chi connectivity index (χ3v) is 8.07. The van der Waals surface area contributed by atoms with E-state index in [1.807, 2.05) is 0 Å². The second kappa shape index (κ2) is 6.51. The Morgan fingerprint density at radius 2 is 1.24 bits per heavy atom. The van der Waals surface area contributed by atoms with Gasteiger partial charge in [0.15, 0.2) is 13.7 Å². The van der Waals surface area contributed by atoms with Crippen molar-refractivity contribution in [3.63, 3.8) is 0 Å². The molecule has 3 nitrogen and oxygen atoms in total. The SMILES string of the molecule is CN1CN(C[P+](N)(c2ccccc2)c2ccccc2)c2ccccc21. The van der Waals surface area contributed by atoms with Crippen molar-refractivity contribution in [2.45, 2.75) is 0 Å². The lowest BCUT2D eigenvalue weighted by Crippen LogP contribution is -2.39. The van der Waals surface area contributed by atoms with Crippen LogP contribution >= 0.6 is 7.41 Å². The molecule has 0 saturated heterocycles. The predicted molar refractivity (Wildman–Crippen MR) is 110 cm³/mol. The Labute approximate surface area is 150 Å². The van der Waals surface area contributed by atoms with Crippen LogP contribution in [0.3, 0.4) is 0 Å². The minimum Gasteiger partial charge on any atom is -0.355 e. The van der Waals surface area contributed by atoms with Crippen molar-refractivity contribution in [1.29, 1.82) is 0 Å². The van der Waals surface area contributed by atoms with Crippen LogP contribution in [0.4, 0.5) is 11.4 Å². The summed E-state index contributed by atoms with van der Waals surface area (Å²) in [6.07, 6.45) is 0.836. The molecule has 1 aliphatic heterocycles. The first-order valence-corrected chi connectivity index (χ1v) is 10.6. The van der Waals surface area contributed by atoms with Crippen LogP contribution in [0, 0.1) is 0 Å². The van der Waals surface area contributed by atoms with Gasteiger partial charge < -0.3 is 9.80 Å². The van der Waals surface area contributed by atoms with Gasteiger partial charge in [0.2, 0.25) is 0 Å². The Kier molecular flexibility index (Phi) is 4.20. The Balaban J connectivity index is 1.76. The molecule has 25 heavy (non-hydrogen) atoms. The number of hydrogen-bond donors (Lipinski definition) is 1. The van der Waals surface area contributed by atoms with Gasteiger partial charge in [0.05, 0.1) is 18.0 Å². The van der Waals surface area contributed by atoms with Crippen LogP contribution < -0.4 is 25.9 Å². The predicted octanol–water partition coefficient (Wildman–Crippen LogP) is 3.40. The minimum absolute atomic E-state index is 0.836. The van der Waals surface area contributed by atoms with Crippen LogP contribution in [0.25, 0.3) is 0 Å². The molecule has 3 aromatic carbocycles. The fourth-order valence-electron chi connectivity index (χ4n) is 3.55. The van der Waals surface area contributed by atoms with E-state index >= 15 is 0 Å². The van der Waals surface area contributed by atoms with Gasteiger partial charge in [-0.3, -0.25) is 0 Å². The molecule has 0 saturated carbocycles. The number of nitrogens with zero attached hydrogens (tertiary/aromatic N) is 2. The number of nitrogens with two attached hydrogens (primary N) is 1. The molecule has 0 radical (unpaired) electrons. The van der Waals surface area contributed by atoms with Gasteiger partial charge in [0, 0.05) is 7.05 Å². The summed E-state index contributed by atoms with van der Waals surface area (Å²) < 4.78 is 0. The summed E-state index contributed by atoms with van der Waals surface area (Å²) in [7, 11) is 0.133. The van der Waals surface area contributed by atoms with Crippen LogP contribution in [0.15, 0.2) is 84.9 Å². The molecule has 0 aromatic heterocycles. The van der Waals surface area contributed by atoms with Gasteiger partial charge in [-0.1, -0.05) is 48.5 Å². The van der Waals surface area contributed by atoms with Gasteiger partial charge >= 0.3 is 0 Å². The normalized spacial score (nSPS) is 13.8. The molecular weight excluding hydrogens is 325 g/mol. The van der Waals surface area contributed by atoms with Crippen molar-refractivity contribution in [1.82, 2.24) is 0 Å². The summed E-state index contributed by atoms with van der Waals surface area (Å²) in [6.45, 7) is 0.873. The third kappa shape index (κ3) is 2.90. The number of anilines is 2. The fraction of sp³-hybridized carbons (Fsp3) is 0.143. The van der Waals surface area contributed by atoms with Crippen molar-refractivity contribution in [3.05, 3.63) is 84.9 Å². The molecule has 4 rings (SSSR count). The van der Waals surface area contributed by atoms with Crippen LogP contribution in [-0.2, 0) is 0 Å².